The van der Waals surface area contributed by atoms with E-state index in [1.807, 2.05) is 0 Å². The molecule has 0 aliphatic rings. The van der Waals surface area contributed by atoms with Crippen LogP contribution in [0.15, 0.2) is 53.6 Å². The molecule has 0 fully saturated rings. The lowest BCUT2D eigenvalue weighted by molar-refractivity contribution is -0.384. The van der Waals surface area contributed by atoms with Gasteiger partial charge in [-0.1, -0.05) is 6.07 Å². The number of nitrogens with zero attached hydrogens (tertiary/aromatic N) is 3. The van der Waals surface area contributed by atoms with Gasteiger partial charge in [0.25, 0.3) is 11.2 Å². The minimum atomic E-state index is -1.05. The van der Waals surface area contributed by atoms with Gasteiger partial charge in [0.1, 0.15) is 24.3 Å². The van der Waals surface area contributed by atoms with Gasteiger partial charge in [0, 0.05) is 12.1 Å². The first kappa shape index (κ1) is 17.5. The standard InChI is InChI=1S/C17H14FN3O5/c18-11-4-5-15-16(6-11)19-10-20(17(15)23)8-13(22)9-26-14-3-1-2-12(7-14)21(24)25/h1-7,10,13,22H,8-9H2/t13-/m1/s1. The maximum atomic E-state index is 13.2. The number of halogens is 1. The van der Waals surface area contributed by atoms with Crippen LogP contribution >= 0.6 is 0 Å². The Balaban J connectivity index is 1.69. The lowest BCUT2D eigenvalue weighted by atomic mass is 10.2. The first-order valence-electron chi connectivity index (χ1n) is 7.64. The highest BCUT2D eigenvalue weighted by Gasteiger charge is 2.12. The second-order valence-electron chi connectivity index (χ2n) is 5.58. The van der Waals surface area contributed by atoms with Crippen LogP contribution in [-0.2, 0) is 6.54 Å². The van der Waals surface area contributed by atoms with Crippen LogP contribution in [0.25, 0.3) is 10.9 Å². The molecule has 8 nitrogen and oxygen atoms in total. The Kier molecular flexibility index (Phi) is 4.90. The van der Waals surface area contributed by atoms with Gasteiger partial charge < -0.3 is 9.84 Å². The second-order valence-corrected chi connectivity index (χ2v) is 5.58. The van der Waals surface area contributed by atoms with Crippen molar-refractivity contribution in [2.75, 3.05) is 6.61 Å². The predicted molar refractivity (Wildman–Crippen MR) is 90.6 cm³/mol. The van der Waals surface area contributed by atoms with E-state index in [9.17, 15) is 24.4 Å². The van der Waals surface area contributed by atoms with Crippen LogP contribution < -0.4 is 10.3 Å². The Labute approximate surface area is 146 Å². The Morgan fingerprint density at radius 2 is 2.12 bits per heavy atom. The molecule has 0 radical (unpaired) electrons. The topological polar surface area (TPSA) is 107 Å². The van der Waals surface area contributed by atoms with Crippen LogP contribution in [0, 0.1) is 15.9 Å². The third-order valence-corrected chi connectivity index (χ3v) is 3.67. The van der Waals surface area contributed by atoms with E-state index < -0.39 is 22.4 Å². The lowest BCUT2D eigenvalue weighted by Crippen LogP contribution is -2.30. The van der Waals surface area contributed by atoms with E-state index >= 15 is 0 Å². The largest absolute Gasteiger partial charge is 0.491 e. The number of fused-ring (bicyclic) bond motifs is 1. The third kappa shape index (κ3) is 3.83. The van der Waals surface area contributed by atoms with Crippen molar-refractivity contribution >= 4 is 16.6 Å². The monoisotopic (exact) mass is 359 g/mol. The zero-order valence-corrected chi connectivity index (χ0v) is 13.4. The summed E-state index contributed by atoms with van der Waals surface area (Å²) in [5.41, 5.74) is -0.308. The molecular formula is C17H14FN3O5. The number of nitro groups is 1. The van der Waals surface area contributed by atoms with Crippen LogP contribution in [-0.4, -0.2) is 32.3 Å². The average Bonchev–Trinajstić information content (AvgIpc) is 2.62. The number of nitro benzene ring substituents is 1. The number of ether oxygens (including phenoxy) is 1. The fourth-order valence-electron chi connectivity index (χ4n) is 2.42. The number of aromatic nitrogens is 2. The number of aliphatic hydroxyl groups excluding tert-OH is 1. The number of aliphatic hydroxyl groups is 1. The van der Waals surface area contributed by atoms with Crippen LogP contribution in [0.3, 0.4) is 0 Å². The molecule has 26 heavy (non-hydrogen) atoms. The van der Waals surface area contributed by atoms with Crippen molar-refractivity contribution in [2.45, 2.75) is 12.6 Å². The summed E-state index contributed by atoms with van der Waals surface area (Å²) in [6.07, 6.45) is 0.174. The van der Waals surface area contributed by atoms with E-state index in [1.165, 1.54) is 41.2 Å². The van der Waals surface area contributed by atoms with Gasteiger partial charge in [0.2, 0.25) is 0 Å². The van der Waals surface area contributed by atoms with Crippen molar-refractivity contribution in [1.29, 1.82) is 0 Å². The molecule has 1 aromatic heterocycles. The van der Waals surface area contributed by atoms with Crippen LogP contribution in [0.4, 0.5) is 10.1 Å². The molecule has 1 atom stereocenters. The maximum absolute atomic E-state index is 13.2. The highest BCUT2D eigenvalue weighted by atomic mass is 19.1. The molecule has 0 amide bonds. The summed E-state index contributed by atoms with van der Waals surface area (Å²) in [5.74, 6) is -0.259. The quantitative estimate of drug-likeness (QED) is 0.532. The molecule has 0 bridgehead atoms. The van der Waals surface area contributed by atoms with Gasteiger partial charge in [0.05, 0.1) is 34.8 Å². The Morgan fingerprint density at radius 3 is 2.88 bits per heavy atom. The molecular weight excluding hydrogens is 345 g/mol. The minimum absolute atomic E-state index is 0.0892. The second kappa shape index (κ2) is 7.28. The molecule has 134 valence electrons. The highest BCUT2D eigenvalue weighted by molar-refractivity contribution is 5.77. The van der Waals surface area contributed by atoms with Crippen LogP contribution in [0.5, 0.6) is 5.75 Å². The van der Waals surface area contributed by atoms with E-state index in [0.29, 0.717) is 0 Å². The van der Waals surface area contributed by atoms with Gasteiger partial charge in [0.15, 0.2) is 0 Å². The molecule has 0 spiro atoms. The van der Waals surface area contributed by atoms with Gasteiger partial charge in [-0.15, -0.1) is 0 Å². The first-order valence-corrected chi connectivity index (χ1v) is 7.64. The fraction of sp³-hybridized carbons (Fsp3) is 0.176. The Hall–Kier alpha value is -3.33. The van der Waals surface area contributed by atoms with Gasteiger partial charge in [-0.25, -0.2) is 9.37 Å². The molecule has 9 heteroatoms. The van der Waals surface area contributed by atoms with E-state index in [0.717, 1.165) is 12.1 Å². The van der Waals surface area contributed by atoms with E-state index in [1.54, 1.807) is 0 Å². The van der Waals surface area contributed by atoms with E-state index in [2.05, 4.69) is 4.98 Å². The number of rotatable bonds is 6. The van der Waals surface area contributed by atoms with E-state index in [-0.39, 0.29) is 35.5 Å². The predicted octanol–water partition coefficient (Wildman–Crippen LogP) is 1.88. The number of benzene rings is 2. The normalized spacial score (nSPS) is 12.1. The molecule has 2 aromatic carbocycles. The fourth-order valence-corrected chi connectivity index (χ4v) is 2.42. The van der Waals surface area contributed by atoms with Crippen molar-refractivity contribution in [2.24, 2.45) is 0 Å². The third-order valence-electron chi connectivity index (χ3n) is 3.67. The maximum Gasteiger partial charge on any atom is 0.273 e. The van der Waals surface area contributed by atoms with Crippen molar-refractivity contribution in [3.8, 4) is 5.75 Å². The average molecular weight is 359 g/mol. The van der Waals surface area contributed by atoms with Crippen LogP contribution in [0.2, 0.25) is 0 Å². The molecule has 3 aromatic rings. The van der Waals surface area contributed by atoms with Crippen molar-refractivity contribution in [3.05, 3.63) is 75.1 Å². The SMILES string of the molecule is O=c1c2ccc(F)cc2ncn1C[C@@H](O)COc1cccc([N+](=O)[O-])c1. The smallest absolute Gasteiger partial charge is 0.273 e. The molecule has 1 N–H and O–H groups in total. The molecule has 3 rings (SSSR count). The van der Waals surface area contributed by atoms with Crippen LogP contribution in [0.1, 0.15) is 0 Å². The molecule has 1 heterocycles. The molecule has 0 unspecified atom stereocenters. The van der Waals surface area contributed by atoms with Gasteiger partial charge in [-0.2, -0.15) is 0 Å². The number of non-ortho nitro benzene ring substituents is 1. The molecule has 0 aliphatic heterocycles. The summed E-state index contributed by atoms with van der Waals surface area (Å²) in [5, 5.41) is 21.0. The molecule has 0 saturated carbocycles. The number of hydrogen-bond acceptors (Lipinski definition) is 6. The van der Waals surface area contributed by atoms with Crippen molar-refractivity contribution in [1.82, 2.24) is 9.55 Å². The molecule has 0 aliphatic carbocycles. The van der Waals surface area contributed by atoms with E-state index in [4.69, 9.17) is 4.74 Å². The van der Waals surface area contributed by atoms with Gasteiger partial charge >= 0.3 is 0 Å². The minimum Gasteiger partial charge on any atom is -0.491 e. The van der Waals surface area contributed by atoms with Crippen molar-refractivity contribution in [3.63, 3.8) is 0 Å². The summed E-state index contributed by atoms with van der Waals surface area (Å²) < 4.78 is 19.7. The summed E-state index contributed by atoms with van der Waals surface area (Å²) in [6.45, 7) is -0.261. The van der Waals surface area contributed by atoms with Crippen molar-refractivity contribution < 1.29 is 19.2 Å². The van der Waals surface area contributed by atoms with Gasteiger partial charge in [-0.05, 0) is 18.2 Å². The number of hydrogen-bond donors (Lipinski definition) is 1. The van der Waals surface area contributed by atoms with Gasteiger partial charge in [-0.3, -0.25) is 19.5 Å². The summed E-state index contributed by atoms with van der Waals surface area (Å²) >= 11 is 0. The highest BCUT2D eigenvalue weighted by Crippen LogP contribution is 2.19. The Bertz CT molecular complexity index is 1020. The summed E-state index contributed by atoms with van der Waals surface area (Å²) in [6, 6.07) is 9.22. The summed E-state index contributed by atoms with van der Waals surface area (Å²) in [4.78, 5) is 26.5. The lowest BCUT2D eigenvalue weighted by Gasteiger charge is -2.14. The zero-order chi connectivity index (χ0) is 18.7. The summed E-state index contributed by atoms with van der Waals surface area (Å²) in [7, 11) is 0. The Morgan fingerprint density at radius 1 is 1.31 bits per heavy atom. The molecule has 0 saturated heterocycles. The zero-order valence-electron chi connectivity index (χ0n) is 13.4. The first-order chi connectivity index (χ1) is 12.4.